The Labute approximate surface area is 139 Å². The lowest BCUT2D eigenvalue weighted by Crippen LogP contribution is -2.40. The molecule has 2 aromatic carbocycles. The summed E-state index contributed by atoms with van der Waals surface area (Å²) >= 11 is 0. The number of carbonyl (C=O) groups is 2. The number of nitrogens with zero attached hydrogens (tertiary/aromatic N) is 1. The summed E-state index contributed by atoms with van der Waals surface area (Å²) in [5, 5.41) is 9.57. The number of rotatable bonds is 3. The molecule has 0 spiro atoms. The zero-order valence-electron chi connectivity index (χ0n) is 13.1. The summed E-state index contributed by atoms with van der Waals surface area (Å²) in [7, 11) is 0. The predicted molar refractivity (Wildman–Crippen MR) is 87.4 cm³/mol. The number of carbonyl (C=O) groups excluding carboxylic acids is 2. The molecule has 0 radical (unpaired) electrons. The van der Waals surface area contributed by atoms with Gasteiger partial charge >= 0.3 is 0 Å². The molecule has 1 N–H and O–H groups in total. The van der Waals surface area contributed by atoms with Crippen LogP contribution in [0.4, 0.5) is 4.39 Å². The quantitative estimate of drug-likeness (QED) is 0.882. The highest BCUT2D eigenvalue weighted by Gasteiger charge is 2.25. The van der Waals surface area contributed by atoms with Crippen molar-refractivity contribution in [2.75, 3.05) is 13.1 Å². The van der Waals surface area contributed by atoms with Crippen LogP contribution in [-0.4, -0.2) is 40.9 Å². The third-order valence-electron chi connectivity index (χ3n) is 4.26. The van der Waals surface area contributed by atoms with E-state index in [1.54, 1.807) is 29.2 Å². The number of aliphatic hydroxyl groups is 1. The second-order valence-electron chi connectivity index (χ2n) is 5.90. The van der Waals surface area contributed by atoms with E-state index in [2.05, 4.69) is 0 Å². The van der Waals surface area contributed by atoms with E-state index in [0.29, 0.717) is 42.6 Å². The fourth-order valence-electron chi connectivity index (χ4n) is 2.86. The number of hydrogen-bond acceptors (Lipinski definition) is 3. The average Bonchev–Trinajstić information content (AvgIpc) is 2.62. The van der Waals surface area contributed by atoms with Crippen LogP contribution in [0, 0.1) is 5.82 Å². The molecule has 4 nitrogen and oxygen atoms in total. The zero-order valence-corrected chi connectivity index (χ0v) is 13.1. The minimum Gasteiger partial charge on any atom is -0.393 e. The van der Waals surface area contributed by atoms with Crippen LogP contribution < -0.4 is 0 Å². The third-order valence-corrected chi connectivity index (χ3v) is 4.26. The Morgan fingerprint density at radius 3 is 2.17 bits per heavy atom. The van der Waals surface area contributed by atoms with Gasteiger partial charge < -0.3 is 10.0 Å². The highest BCUT2D eigenvalue weighted by Crippen LogP contribution is 2.19. The maximum atomic E-state index is 13.0. The molecule has 24 heavy (non-hydrogen) atoms. The van der Waals surface area contributed by atoms with Gasteiger partial charge in [-0.05, 0) is 43.2 Å². The van der Waals surface area contributed by atoms with Crippen LogP contribution in [0.5, 0.6) is 0 Å². The molecule has 0 unspecified atom stereocenters. The Balaban J connectivity index is 1.89. The molecule has 5 heteroatoms. The summed E-state index contributed by atoms with van der Waals surface area (Å²) in [6, 6.07) is 11.9. The van der Waals surface area contributed by atoms with E-state index in [0.717, 1.165) is 0 Å². The first-order valence-electron chi connectivity index (χ1n) is 7.93. The average molecular weight is 327 g/mol. The zero-order chi connectivity index (χ0) is 17.1. The molecule has 124 valence electrons. The molecule has 0 aliphatic carbocycles. The van der Waals surface area contributed by atoms with Gasteiger partial charge in [0.05, 0.1) is 11.7 Å². The van der Waals surface area contributed by atoms with Gasteiger partial charge in [-0.2, -0.15) is 0 Å². The van der Waals surface area contributed by atoms with Crippen molar-refractivity contribution < 1.29 is 19.1 Å². The Morgan fingerprint density at radius 2 is 1.54 bits per heavy atom. The van der Waals surface area contributed by atoms with Gasteiger partial charge in [0.15, 0.2) is 5.78 Å². The van der Waals surface area contributed by atoms with Crippen LogP contribution in [0.15, 0.2) is 48.5 Å². The van der Waals surface area contributed by atoms with Crippen molar-refractivity contribution >= 4 is 11.7 Å². The van der Waals surface area contributed by atoms with Gasteiger partial charge in [-0.1, -0.05) is 18.2 Å². The molecular weight excluding hydrogens is 309 g/mol. The molecule has 1 aliphatic rings. The topological polar surface area (TPSA) is 57.6 Å². The van der Waals surface area contributed by atoms with E-state index in [4.69, 9.17) is 0 Å². The summed E-state index contributed by atoms with van der Waals surface area (Å²) < 4.78 is 13.0. The highest BCUT2D eigenvalue weighted by atomic mass is 19.1. The van der Waals surface area contributed by atoms with E-state index in [9.17, 15) is 19.1 Å². The number of halogens is 1. The van der Waals surface area contributed by atoms with Crippen molar-refractivity contribution in [2.45, 2.75) is 18.9 Å². The fraction of sp³-hybridized carbons (Fsp3) is 0.263. The smallest absolute Gasteiger partial charge is 0.254 e. The van der Waals surface area contributed by atoms with Crippen molar-refractivity contribution in [3.8, 4) is 0 Å². The molecule has 1 heterocycles. The summed E-state index contributed by atoms with van der Waals surface area (Å²) in [5.41, 5.74) is 0.981. The number of piperidine rings is 1. The lowest BCUT2D eigenvalue weighted by atomic mass is 9.97. The molecule has 1 aliphatic heterocycles. The third kappa shape index (κ3) is 3.36. The maximum Gasteiger partial charge on any atom is 0.254 e. The number of benzene rings is 2. The predicted octanol–water partition coefficient (Wildman–Crippen LogP) is 2.65. The Morgan fingerprint density at radius 1 is 0.958 bits per heavy atom. The van der Waals surface area contributed by atoms with Crippen molar-refractivity contribution in [1.82, 2.24) is 4.90 Å². The first kappa shape index (κ1) is 16.3. The monoisotopic (exact) mass is 327 g/mol. The van der Waals surface area contributed by atoms with E-state index in [1.807, 2.05) is 0 Å². The minimum atomic E-state index is -0.414. The van der Waals surface area contributed by atoms with Gasteiger partial charge in [-0.3, -0.25) is 9.59 Å². The van der Waals surface area contributed by atoms with Crippen LogP contribution in [-0.2, 0) is 0 Å². The van der Waals surface area contributed by atoms with Gasteiger partial charge in [-0.25, -0.2) is 4.39 Å². The lowest BCUT2D eigenvalue weighted by Gasteiger charge is -2.30. The van der Waals surface area contributed by atoms with Crippen molar-refractivity contribution in [2.24, 2.45) is 0 Å². The Kier molecular flexibility index (Phi) is 4.71. The van der Waals surface area contributed by atoms with Crippen molar-refractivity contribution in [1.29, 1.82) is 0 Å². The molecule has 1 saturated heterocycles. The standard InChI is InChI=1S/C19H18FNO3/c20-14-7-5-13(6-8-14)18(23)16-3-1-2-4-17(16)19(24)21-11-9-15(22)10-12-21/h1-8,15,22H,9-12H2. The van der Waals surface area contributed by atoms with Gasteiger partial charge in [0.1, 0.15) is 5.82 Å². The molecule has 2 aromatic rings. The molecule has 3 rings (SSSR count). The summed E-state index contributed by atoms with van der Waals surface area (Å²) in [6.45, 7) is 0.943. The number of amides is 1. The van der Waals surface area contributed by atoms with E-state index >= 15 is 0 Å². The molecule has 1 fully saturated rings. The summed E-state index contributed by atoms with van der Waals surface area (Å²) in [4.78, 5) is 27.1. The molecule has 0 aromatic heterocycles. The van der Waals surface area contributed by atoms with Gasteiger partial charge in [0, 0.05) is 24.2 Å². The van der Waals surface area contributed by atoms with Crippen LogP contribution in [0.1, 0.15) is 39.1 Å². The highest BCUT2D eigenvalue weighted by molar-refractivity contribution is 6.15. The maximum absolute atomic E-state index is 13.0. The van der Waals surface area contributed by atoms with E-state index < -0.39 is 5.82 Å². The first-order valence-corrected chi connectivity index (χ1v) is 7.93. The number of aliphatic hydroxyl groups excluding tert-OH is 1. The van der Waals surface area contributed by atoms with Crippen LogP contribution in [0.25, 0.3) is 0 Å². The first-order chi connectivity index (χ1) is 11.6. The minimum absolute atomic E-state index is 0.215. The van der Waals surface area contributed by atoms with Crippen molar-refractivity contribution in [3.05, 3.63) is 71.0 Å². The van der Waals surface area contributed by atoms with Crippen molar-refractivity contribution in [3.63, 3.8) is 0 Å². The lowest BCUT2D eigenvalue weighted by molar-refractivity contribution is 0.0544. The van der Waals surface area contributed by atoms with E-state index in [-0.39, 0.29) is 17.8 Å². The van der Waals surface area contributed by atoms with Crippen LogP contribution in [0.2, 0.25) is 0 Å². The number of hydrogen-bond donors (Lipinski definition) is 1. The van der Waals surface area contributed by atoms with Crippen LogP contribution in [0.3, 0.4) is 0 Å². The molecule has 0 atom stereocenters. The second-order valence-corrected chi connectivity index (χ2v) is 5.90. The number of ketones is 1. The molecular formula is C19H18FNO3. The van der Waals surface area contributed by atoms with Crippen LogP contribution >= 0.6 is 0 Å². The molecule has 0 bridgehead atoms. The Bertz CT molecular complexity index is 749. The summed E-state index contributed by atoms with van der Waals surface area (Å²) in [5.74, 6) is -0.938. The molecule has 0 saturated carbocycles. The van der Waals surface area contributed by atoms with Gasteiger partial charge in [0.25, 0.3) is 5.91 Å². The Hall–Kier alpha value is -2.53. The fourth-order valence-corrected chi connectivity index (χ4v) is 2.86. The molecule has 1 amide bonds. The normalized spacial score (nSPS) is 15.3. The summed E-state index contributed by atoms with van der Waals surface area (Å²) in [6.07, 6.45) is 0.713. The second kappa shape index (κ2) is 6.93. The van der Waals surface area contributed by atoms with E-state index in [1.165, 1.54) is 24.3 Å². The largest absolute Gasteiger partial charge is 0.393 e. The SMILES string of the molecule is O=C(c1ccc(F)cc1)c1ccccc1C(=O)N1CCC(O)CC1. The van der Waals surface area contributed by atoms with Gasteiger partial charge in [-0.15, -0.1) is 0 Å². The van der Waals surface area contributed by atoms with Gasteiger partial charge in [0.2, 0.25) is 0 Å². The number of likely N-dealkylation sites (tertiary alicyclic amines) is 1.